The number of aliphatic hydroxyl groups excluding tert-OH is 1. The van der Waals surface area contributed by atoms with Gasteiger partial charge < -0.3 is 20.7 Å². The van der Waals surface area contributed by atoms with Crippen LogP contribution in [0.5, 0.6) is 0 Å². The van der Waals surface area contributed by atoms with E-state index in [2.05, 4.69) is 37.1 Å². The number of nitrogens with two attached hydrogens (primary N) is 1. The molecule has 0 aliphatic carbocycles. The average Bonchev–Trinajstić information content (AvgIpc) is 3.33. The Morgan fingerprint density at radius 2 is 2.05 bits per heavy atom. The van der Waals surface area contributed by atoms with Crippen LogP contribution in [0.2, 0.25) is 0 Å². The third-order valence-electron chi connectivity index (χ3n) is 4.68. The van der Waals surface area contributed by atoms with Crippen molar-refractivity contribution in [3.05, 3.63) is 51.9 Å². The van der Waals surface area contributed by atoms with Gasteiger partial charge in [-0.05, 0) is 70.9 Å². The SMILES string of the molecule is CCOP(I)c1cc(NS(C)(=O)=O)ccc1N=C(N)/C(C(=O)NCCC(C)C)=C(\O)C(=N)c1cccs1. The molecule has 2 aromatic rings. The van der Waals surface area contributed by atoms with Crippen molar-refractivity contribution in [3.63, 3.8) is 0 Å². The van der Waals surface area contributed by atoms with Crippen molar-refractivity contribution in [1.82, 2.24) is 5.32 Å². The smallest absolute Gasteiger partial charge is 0.258 e. The number of amidine groups is 1. The van der Waals surface area contributed by atoms with Gasteiger partial charge in [0.05, 0.1) is 16.8 Å². The molecule has 1 aromatic carbocycles. The second-order valence-electron chi connectivity index (χ2n) is 8.25. The molecule has 0 aliphatic heterocycles. The van der Waals surface area contributed by atoms with Crippen molar-refractivity contribution in [2.75, 3.05) is 24.1 Å². The average molecular weight is 680 g/mol. The first-order chi connectivity index (χ1) is 17.3. The van der Waals surface area contributed by atoms with E-state index in [0.717, 1.165) is 6.26 Å². The van der Waals surface area contributed by atoms with Gasteiger partial charge in [0.25, 0.3) is 5.91 Å². The van der Waals surface area contributed by atoms with E-state index >= 15 is 0 Å². The fourth-order valence-corrected chi connectivity index (χ4v) is 7.11. The number of carbonyl (C=O) groups is 1. The van der Waals surface area contributed by atoms with Crippen LogP contribution in [0.3, 0.4) is 0 Å². The zero-order valence-electron chi connectivity index (χ0n) is 20.9. The van der Waals surface area contributed by atoms with Gasteiger partial charge in [-0.1, -0.05) is 19.9 Å². The lowest BCUT2D eigenvalue weighted by Gasteiger charge is -2.16. The molecule has 1 amide bonds. The number of hydrogen-bond acceptors (Lipinski definition) is 8. The van der Waals surface area contributed by atoms with E-state index < -0.39 is 27.5 Å². The van der Waals surface area contributed by atoms with E-state index in [4.69, 9.17) is 15.7 Å². The maximum absolute atomic E-state index is 13.1. The minimum atomic E-state index is -3.51. The van der Waals surface area contributed by atoms with E-state index in [1.807, 2.05) is 20.8 Å². The van der Waals surface area contributed by atoms with Crippen LogP contribution in [0.15, 0.2) is 52.0 Å². The molecule has 0 fully saturated rings. The largest absolute Gasteiger partial charge is 0.505 e. The number of anilines is 1. The Morgan fingerprint density at radius 1 is 1.35 bits per heavy atom. The number of allylic oxidation sites excluding steroid dienone is 1. The summed E-state index contributed by atoms with van der Waals surface area (Å²) in [5.74, 6) is -2.43. The van der Waals surface area contributed by atoms with Crippen molar-refractivity contribution in [2.45, 2.75) is 27.2 Å². The molecule has 14 heteroatoms. The van der Waals surface area contributed by atoms with Crippen molar-refractivity contribution in [3.8, 4) is 0 Å². The summed E-state index contributed by atoms with van der Waals surface area (Å²) >= 11 is 3.34. The second-order valence-corrected chi connectivity index (χ2v) is 14.8. The van der Waals surface area contributed by atoms with Crippen molar-refractivity contribution >= 4 is 83.3 Å². The maximum Gasteiger partial charge on any atom is 0.258 e. The number of amides is 1. The van der Waals surface area contributed by atoms with Crippen molar-refractivity contribution in [1.29, 1.82) is 5.41 Å². The van der Waals surface area contributed by atoms with Crippen LogP contribution in [0.25, 0.3) is 0 Å². The van der Waals surface area contributed by atoms with Crippen LogP contribution >= 0.6 is 39.2 Å². The number of sulfonamides is 1. The summed E-state index contributed by atoms with van der Waals surface area (Å²) < 4.78 is 31.6. The van der Waals surface area contributed by atoms with Gasteiger partial charge in [-0.25, -0.2) is 13.4 Å². The fraction of sp³-hybridized carbons (Fsp3) is 0.348. The molecule has 0 aliphatic rings. The zero-order chi connectivity index (χ0) is 27.8. The lowest BCUT2D eigenvalue weighted by molar-refractivity contribution is -0.117. The highest BCUT2D eigenvalue weighted by molar-refractivity contribution is 14.2. The third kappa shape index (κ3) is 9.64. The minimum Gasteiger partial charge on any atom is -0.505 e. The number of halogens is 1. The first kappa shape index (κ1) is 31.2. The van der Waals surface area contributed by atoms with Crippen LogP contribution in [-0.2, 0) is 19.3 Å². The topological polar surface area (TPSA) is 167 Å². The van der Waals surface area contributed by atoms with Gasteiger partial charge in [0, 0.05) is 24.1 Å². The number of benzene rings is 1. The molecule has 1 atom stereocenters. The number of rotatable bonds is 13. The zero-order valence-corrected chi connectivity index (χ0v) is 25.6. The minimum absolute atomic E-state index is 0.249. The van der Waals surface area contributed by atoms with Crippen LogP contribution in [0.4, 0.5) is 11.4 Å². The van der Waals surface area contributed by atoms with Crippen LogP contribution in [-0.4, -0.2) is 50.4 Å². The maximum atomic E-state index is 13.1. The van der Waals surface area contributed by atoms with Crippen LogP contribution < -0.4 is 21.1 Å². The Balaban J connectivity index is 2.60. The van der Waals surface area contributed by atoms with E-state index in [1.54, 1.807) is 29.6 Å². The number of nitrogens with one attached hydrogen (secondary N) is 3. The molecule has 10 nitrogen and oxygen atoms in total. The third-order valence-corrected chi connectivity index (χ3v) is 9.79. The van der Waals surface area contributed by atoms with Gasteiger partial charge in [-0.2, -0.15) is 0 Å². The first-order valence-electron chi connectivity index (χ1n) is 11.2. The summed E-state index contributed by atoms with van der Waals surface area (Å²) in [6, 6.07) is 8.06. The monoisotopic (exact) mass is 679 g/mol. The lowest BCUT2D eigenvalue weighted by atomic mass is 10.1. The van der Waals surface area contributed by atoms with Gasteiger partial charge in [0.15, 0.2) is 5.76 Å². The van der Waals surface area contributed by atoms with Crippen LogP contribution in [0, 0.1) is 11.3 Å². The first-order valence-corrected chi connectivity index (χ1v) is 18.0. The number of carbonyl (C=O) groups excluding carboxylic acids is 1. The van der Waals surface area contributed by atoms with Gasteiger partial charge in [0.2, 0.25) is 10.0 Å². The Hall–Kier alpha value is -2.06. The van der Waals surface area contributed by atoms with Gasteiger partial charge >= 0.3 is 0 Å². The number of hydrogen-bond donors (Lipinski definition) is 5. The van der Waals surface area contributed by atoms with E-state index in [1.165, 1.54) is 17.4 Å². The Morgan fingerprint density at radius 3 is 2.62 bits per heavy atom. The highest BCUT2D eigenvalue weighted by Gasteiger charge is 2.24. The predicted octanol–water partition coefficient (Wildman–Crippen LogP) is 4.56. The summed E-state index contributed by atoms with van der Waals surface area (Å²) in [7, 11) is -3.51. The number of thiophene rings is 1. The molecule has 2 rings (SSSR count). The lowest BCUT2D eigenvalue weighted by Crippen LogP contribution is -2.35. The highest BCUT2D eigenvalue weighted by Crippen LogP contribution is 2.47. The normalized spacial score (nSPS) is 13.7. The predicted molar refractivity (Wildman–Crippen MR) is 162 cm³/mol. The molecule has 0 saturated carbocycles. The Kier molecular flexibility index (Phi) is 12.0. The summed E-state index contributed by atoms with van der Waals surface area (Å²) in [5.41, 5.74) is 6.38. The molecule has 0 bridgehead atoms. The quantitative estimate of drug-likeness (QED) is 0.0520. The molecule has 202 valence electrons. The summed E-state index contributed by atoms with van der Waals surface area (Å²) in [5, 5.41) is 24.4. The van der Waals surface area contributed by atoms with Gasteiger partial charge in [-0.3, -0.25) is 14.9 Å². The number of aliphatic imine (C=N–C) groups is 1. The summed E-state index contributed by atoms with van der Waals surface area (Å²) in [6.07, 6.45) is 1.76. The fourth-order valence-electron chi connectivity index (χ4n) is 2.98. The second kappa shape index (κ2) is 14.2. The van der Waals surface area contributed by atoms with E-state index in [0.29, 0.717) is 47.0 Å². The highest BCUT2D eigenvalue weighted by atomic mass is 127. The van der Waals surface area contributed by atoms with E-state index in [9.17, 15) is 18.3 Å². The standard InChI is InChI=1S/C23H31IN5O5PS2/c1-5-34-35(24)17-13-15(29-37(4,32)33)8-9-16(17)28-22(26)19(23(31)27-11-10-14(2)3)21(30)20(25)18-7-6-12-36-18/h6-9,12-14,25,29-30H,5,10-11H2,1-4H3,(H2,26,28)(H,27,31)/b21-19+,25-20?. The van der Waals surface area contributed by atoms with Gasteiger partial charge in [-0.15, -0.1) is 11.3 Å². The number of nitrogens with zero attached hydrogens (tertiary/aromatic N) is 1. The molecule has 0 spiro atoms. The Bertz CT molecular complexity index is 1280. The molecule has 0 radical (unpaired) electrons. The van der Waals surface area contributed by atoms with Crippen LogP contribution in [0.1, 0.15) is 32.1 Å². The molecule has 6 N–H and O–H groups in total. The Labute approximate surface area is 235 Å². The van der Waals surface area contributed by atoms with E-state index in [-0.39, 0.29) is 17.1 Å². The van der Waals surface area contributed by atoms with Crippen molar-refractivity contribution in [2.24, 2.45) is 16.6 Å². The van der Waals surface area contributed by atoms with Crippen molar-refractivity contribution < 1.29 is 22.8 Å². The summed E-state index contributed by atoms with van der Waals surface area (Å²) in [4.78, 5) is 18.0. The summed E-state index contributed by atoms with van der Waals surface area (Å²) in [6.45, 7) is 6.65. The number of aliphatic hydroxyl groups is 1. The molecule has 0 saturated heterocycles. The molecule has 1 unspecified atom stereocenters. The van der Waals surface area contributed by atoms with Gasteiger partial charge in [0.1, 0.15) is 22.9 Å². The molecule has 37 heavy (non-hydrogen) atoms. The molecular weight excluding hydrogens is 648 g/mol. The molecule has 1 heterocycles. The molecule has 1 aromatic heterocycles. The molecular formula is C23H31IN5O5PS2.